The highest BCUT2D eigenvalue weighted by molar-refractivity contribution is 5.95. The van der Waals surface area contributed by atoms with Crippen molar-refractivity contribution in [3.8, 4) is 33.4 Å². The van der Waals surface area contributed by atoms with Crippen LogP contribution in [0, 0.1) is 0 Å². The van der Waals surface area contributed by atoms with Crippen LogP contribution in [0.3, 0.4) is 0 Å². The Morgan fingerprint density at radius 3 is 1.82 bits per heavy atom. The van der Waals surface area contributed by atoms with Gasteiger partial charge in [-0.2, -0.15) is 0 Å². The first kappa shape index (κ1) is 29.7. The standard InChI is InChI=1S/C48H41N/c1-47(2)40-23-11-12-24-44(40)49-45-26-25-38(36-21-13-19-34(27-36)32-15-7-5-8-16-32)29-41(45)48(3,4)43-31-39(30-42(47)46(43)49)37-22-14-20-35(28-37)33-17-9-6-10-18-33/h5-17,19-31,33H,18H2,1-4H3. The van der Waals surface area contributed by atoms with Crippen LogP contribution >= 0.6 is 0 Å². The van der Waals surface area contributed by atoms with Gasteiger partial charge in [0.05, 0.1) is 17.1 Å². The van der Waals surface area contributed by atoms with E-state index in [1.807, 2.05) is 0 Å². The molecule has 0 amide bonds. The van der Waals surface area contributed by atoms with Gasteiger partial charge >= 0.3 is 0 Å². The minimum absolute atomic E-state index is 0.160. The zero-order valence-electron chi connectivity index (χ0n) is 28.7. The fourth-order valence-electron chi connectivity index (χ4n) is 8.55. The van der Waals surface area contributed by atoms with Crippen LogP contribution in [-0.4, -0.2) is 0 Å². The van der Waals surface area contributed by atoms with E-state index in [4.69, 9.17) is 0 Å². The van der Waals surface area contributed by atoms with E-state index < -0.39 is 0 Å². The second-order valence-electron chi connectivity index (χ2n) is 15.0. The number of anilines is 3. The zero-order chi connectivity index (χ0) is 33.3. The Hall–Kier alpha value is -5.40. The van der Waals surface area contributed by atoms with Gasteiger partial charge in [-0.15, -0.1) is 0 Å². The Morgan fingerprint density at radius 2 is 1.06 bits per heavy atom. The van der Waals surface area contributed by atoms with Crippen LogP contribution in [0.5, 0.6) is 0 Å². The van der Waals surface area contributed by atoms with E-state index in [1.165, 1.54) is 78.3 Å². The zero-order valence-corrected chi connectivity index (χ0v) is 28.7. The number of fused-ring (bicyclic) bond motifs is 4. The summed E-state index contributed by atoms with van der Waals surface area (Å²) in [4.78, 5) is 2.56. The third-order valence-electron chi connectivity index (χ3n) is 11.3. The van der Waals surface area contributed by atoms with E-state index in [1.54, 1.807) is 0 Å². The van der Waals surface area contributed by atoms with Gasteiger partial charge in [0.15, 0.2) is 0 Å². The van der Waals surface area contributed by atoms with Crippen molar-refractivity contribution in [2.45, 2.75) is 50.9 Å². The molecule has 0 aromatic heterocycles. The quantitative estimate of drug-likeness (QED) is 0.187. The maximum absolute atomic E-state index is 2.56. The van der Waals surface area contributed by atoms with Crippen LogP contribution in [0.2, 0.25) is 0 Å². The third kappa shape index (κ3) is 4.67. The predicted molar refractivity (Wildman–Crippen MR) is 207 cm³/mol. The first-order chi connectivity index (χ1) is 23.8. The smallest absolute Gasteiger partial charge is 0.0544 e. The largest absolute Gasteiger partial charge is 0.309 e. The van der Waals surface area contributed by atoms with Gasteiger partial charge in [-0.1, -0.05) is 149 Å². The molecule has 49 heavy (non-hydrogen) atoms. The Kier molecular flexibility index (Phi) is 6.71. The van der Waals surface area contributed by atoms with E-state index in [0.29, 0.717) is 5.92 Å². The molecule has 1 atom stereocenters. The number of hydrogen-bond donors (Lipinski definition) is 0. The maximum atomic E-state index is 2.56. The molecule has 3 aliphatic rings. The van der Waals surface area contributed by atoms with Crippen LogP contribution in [0.15, 0.2) is 158 Å². The fourth-order valence-corrected chi connectivity index (χ4v) is 8.55. The second kappa shape index (κ2) is 11.1. The number of para-hydroxylation sites is 1. The monoisotopic (exact) mass is 631 g/mol. The van der Waals surface area contributed by atoms with Crippen LogP contribution in [0.4, 0.5) is 17.1 Å². The highest BCUT2D eigenvalue weighted by atomic mass is 15.2. The lowest BCUT2D eigenvalue weighted by atomic mass is 9.65. The number of hydrogen-bond acceptors (Lipinski definition) is 1. The first-order valence-corrected chi connectivity index (χ1v) is 17.6. The Morgan fingerprint density at radius 1 is 0.469 bits per heavy atom. The van der Waals surface area contributed by atoms with Gasteiger partial charge < -0.3 is 4.90 Å². The Balaban J connectivity index is 1.24. The molecular formula is C48H41N. The number of rotatable bonds is 4. The first-order valence-electron chi connectivity index (χ1n) is 17.6. The molecule has 0 fully saturated rings. The molecule has 0 saturated heterocycles. The van der Waals surface area contributed by atoms with Crippen molar-refractivity contribution in [2.24, 2.45) is 0 Å². The molecule has 2 heterocycles. The average Bonchev–Trinajstić information content (AvgIpc) is 3.15. The van der Waals surface area contributed by atoms with Gasteiger partial charge in [-0.05, 0) is 104 Å². The summed E-state index contributed by atoms with van der Waals surface area (Å²) in [5, 5.41) is 0. The van der Waals surface area contributed by atoms with Crippen molar-refractivity contribution < 1.29 is 0 Å². The SMILES string of the molecule is CC1(C)c2ccccc2N2c3ccc(-c4cccc(-c5ccccc5)c4)cc3C(C)(C)c3cc(-c4cccc(C5C=CC=CC5)c4)cc1c32. The summed E-state index contributed by atoms with van der Waals surface area (Å²) in [5.74, 6) is 0.418. The van der Waals surface area contributed by atoms with Gasteiger partial charge in [0.2, 0.25) is 0 Å². The summed E-state index contributed by atoms with van der Waals surface area (Å²) in [6.07, 6.45) is 10.0. The van der Waals surface area contributed by atoms with Gasteiger partial charge in [0.1, 0.15) is 0 Å². The topological polar surface area (TPSA) is 3.24 Å². The van der Waals surface area contributed by atoms with Crippen molar-refractivity contribution >= 4 is 17.1 Å². The highest BCUT2D eigenvalue weighted by Crippen LogP contribution is 2.61. The van der Waals surface area contributed by atoms with E-state index in [2.05, 4.69) is 190 Å². The summed E-state index contributed by atoms with van der Waals surface area (Å²) in [6.45, 7) is 9.67. The molecule has 1 aliphatic carbocycles. The summed E-state index contributed by atoms with van der Waals surface area (Å²) in [6, 6.07) is 50.1. The number of benzene rings is 6. The van der Waals surface area contributed by atoms with Crippen molar-refractivity contribution in [1.29, 1.82) is 0 Å². The maximum Gasteiger partial charge on any atom is 0.0544 e. The molecule has 0 saturated carbocycles. The summed E-state index contributed by atoms with van der Waals surface area (Å²) in [5.41, 5.74) is 17.9. The normalized spacial score (nSPS) is 17.6. The van der Waals surface area contributed by atoms with Gasteiger partial charge in [0, 0.05) is 16.7 Å². The van der Waals surface area contributed by atoms with Crippen LogP contribution in [-0.2, 0) is 10.8 Å². The third-order valence-corrected chi connectivity index (χ3v) is 11.3. The molecule has 1 heteroatoms. The molecule has 6 aromatic carbocycles. The van der Waals surface area contributed by atoms with Crippen LogP contribution in [0.25, 0.3) is 33.4 Å². The number of allylic oxidation sites excluding steroid dienone is 4. The summed E-state index contributed by atoms with van der Waals surface area (Å²) in [7, 11) is 0. The summed E-state index contributed by atoms with van der Waals surface area (Å²) >= 11 is 0. The van der Waals surface area contributed by atoms with E-state index in [-0.39, 0.29) is 10.8 Å². The van der Waals surface area contributed by atoms with Gasteiger partial charge in [0.25, 0.3) is 0 Å². The highest BCUT2D eigenvalue weighted by Gasteiger charge is 2.45. The van der Waals surface area contributed by atoms with Crippen molar-refractivity contribution in [3.05, 3.63) is 186 Å². The van der Waals surface area contributed by atoms with Gasteiger partial charge in [-0.25, -0.2) is 0 Å². The average molecular weight is 632 g/mol. The molecule has 1 nitrogen and oxygen atoms in total. The lowest BCUT2D eigenvalue weighted by Gasteiger charge is -2.50. The molecule has 0 N–H and O–H groups in total. The molecule has 2 aliphatic heterocycles. The van der Waals surface area contributed by atoms with E-state index in [9.17, 15) is 0 Å². The van der Waals surface area contributed by atoms with Crippen LogP contribution in [0.1, 0.15) is 67.9 Å². The molecule has 1 unspecified atom stereocenters. The van der Waals surface area contributed by atoms with Crippen molar-refractivity contribution in [2.75, 3.05) is 4.90 Å². The molecule has 0 spiro atoms. The van der Waals surface area contributed by atoms with Gasteiger partial charge in [-0.3, -0.25) is 0 Å². The molecule has 0 radical (unpaired) electrons. The molecule has 0 bridgehead atoms. The minimum Gasteiger partial charge on any atom is -0.309 e. The summed E-state index contributed by atoms with van der Waals surface area (Å²) < 4.78 is 0. The fraction of sp³-hybridized carbons (Fsp3) is 0.167. The van der Waals surface area contributed by atoms with Crippen molar-refractivity contribution in [3.63, 3.8) is 0 Å². The molecular weight excluding hydrogens is 591 g/mol. The lowest BCUT2D eigenvalue weighted by molar-refractivity contribution is 0.598. The minimum atomic E-state index is -0.226. The second-order valence-corrected chi connectivity index (χ2v) is 15.0. The molecule has 9 rings (SSSR count). The Bertz CT molecular complexity index is 2320. The lowest BCUT2D eigenvalue weighted by Crippen LogP contribution is -2.38. The number of nitrogens with zero attached hydrogens (tertiary/aromatic N) is 1. The van der Waals surface area contributed by atoms with Crippen molar-refractivity contribution in [1.82, 2.24) is 0 Å². The molecule has 238 valence electrons. The van der Waals surface area contributed by atoms with E-state index in [0.717, 1.165) is 6.42 Å². The van der Waals surface area contributed by atoms with E-state index >= 15 is 0 Å². The van der Waals surface area contributed by atoms with Crippen LogP contribution < -0.4 is 4.90 Å². The Labute approximate surface area is 290 Å². The molecule has 6 aromatic rings. The predicted octanol–water partition coefficient (Wildman–Crippen LogP) is 13.0.